The fourth-order valence-electron chi connectivity index (χ4n) is 1.30. The third-order valence-corrected chi connectivity index (χ3v) is 2.36. The van der Waals surface area contributed by atoms with Crippen LogP contribution < -0.4 is 0 Å². The van der Waals surface area contributed by atoms with Gasteiger partial charge in [-0.05, 0) is 38.1 Å². The maximum atomic E-state index is 10.3. The van der Waals surface area contributed by atoms with Crippen LogP contribution in [0.5, 0.6) is 0 Å². The largest absolute Gasteiger partial charge is 0.481 e. The molecule has 0 unspecified atom stereocenters. The standard InChI is InChI=1S/C14H17N3O2/c1-3-17(4-2)16-15-13-10-8-12(9-11-13)6-5-7-14(18)19/h8-11H,3-4,7H2,1-2H3,(H,18,19). The molecule has 0 amide bonds. The van der Waals surface area contributed by atoms with E-state index in [2.05, 4.69) is 22.2 Å². The molecule has 1 rings (SSSR count). The Hall–Kier alpha value is -2.35. The second-order valence-corrected chi connectivity index (χ2v) is 3.75. The Morgan fingerprint density at radius 3 is 2.42 bits per heavy atom. The number of hydrogen-bond acceptors (Lipinski definition) is 3. The van der Waals surface area contributed by atoms with Crippen molar-refractivity contribution >= 4 is 11.7 Å². The van der Waals surface area contributed by atoms with Gasteiger partial charge in [-0.2, -0.15) is 0 Å². The van der Waals surface area contributed by atoms with Crippen molar-refractivity contribution in [1.29, 1.82) is 0 Å². The predicted molar refractivity (Wildman–Crippen MR) is 73.0 cm³/mol. The predicted octanol–water partition coefficient (Wildman–Crippen LogP) is 2.85. The average Bonchev–Trinajstić information content (AvgIpc) is 2.41. The third-order valence-electron chi connectivity index (χ3n) is 2.36. The van der Waals surface area contributed by atoms with Crippen LogP contribution in [0.15, 0.2) is 34.6 Å². The van der Waals surface area contributed by atoms with E-state index in [-0.39, 0.29) is 6.42 Å². The van der Waals surface area contributed by atoms with Gasteiger partial charge < -0.3 is 5.11 Å². The molecule has 5 nitrogen and oxygen atoms in total. The summed E-state index contributed by atoms with van der Waals surface area (Å²) < 4.78 is 0. The van der Waals surface area contributed by atoms with Gasteiger partial charge in [0, 0.05) is 18.7 Å². The summed E-state index contributed by atoms with van der Waals surface area (Å²) in [6.07, 6.45) is -0.149. The van der Waals surface area contributed by atoms with Gasteiger partial charge in [-0.25, -0.2) is 0 Å². The second-order valence-electron chi connectivity index (χ2n) is 3.75. The molecule has 0 aliphatic carbocycles. The number of rotatable bonds is 5. The van der Waals surface area contributed by atoms with Crippen LogP contribution >= 0.6 is 0 Å². The molecule has 0 aliphatic rings. The quantitative estimate of drug-likeness (QED) is 0.502. The van der Waals surface area contributed by atoms with Gasteiger partial charge in [0.2, 0.25) is 0 Å². The van der Waals surface area contributed by atoms with Crippen molar-refractivity contribution in [3.05, 3.63) is 29.8 Å². The fraction of sp³-hybridized carbons (Fsp3) is 0.357. The van der Waals surface area contributed by atoms with Gasteiger partial charge in [-0.15, -0.1) is 5.11 Å². The number of carboxylic acid groups (broad SMARTS) is 1. The van der Waals surface area contributed by atoms with Crippen LogP contribution in [0.1, 0.15) is 25.8 Å². The molecular formula is C14H17N3O2. The van der Waals surface area contributed by atoms with Crippen molar-refractivity contribution in [3.63, 3.8) is 0 Å². The van der Waals surface area contributed by atoms with E-state index >= 15 is 0 Å². The molecule has 1 aromatic rings. The van der Waals surface area contributed by atoms with Gasteiger partial charge >= 0.3 is 5.97 Å². The summed E-state index contributed by atoms with van der Waals surface area (Å²) in [6.45, 7) is 5.67. The lowest BCUT2D eigenvalue weighted by Gasteiger charge is -2.10. The van der Waals surface area contributed by atoms with E-state index < -0.39 is 5.97 Å². The smallest absolute Gasteiger partial charge is 0.315 e. The summed E-state index contributed by atoms with van der Waals surface area (Å²) in [5.41, 5.74) is 1.51. The first-order chi connectivity index (χ1) is 9.15. The van der Waals surface area contributed by atoms with Crippen LogP contribution in [0, 0.1) is 11.8 Å². The van der Waals surface area contributed by atoms with E-state index in [1.807, 2.05) is 18.9 Å². The Bertz CT molecular complexity index is 494. The minimum Gasteiger partial charge on any atom is -0.481 e. The molecule has 0 saturated carbocycles. The van der Waals surface area contributed by atoms with Crippen molar-refractivity contribution < 1.29 is 9.90 Å². The third kappa shape index (κ3) is 5.68. The molecule has 5 heteroatoms. The van der Waals surface area contributed by atoms with Gasteiger partial charge in [0.25, 0.3) is 0 Å². The maximum Gasteiger partial charge on any atom is 0.315 e. The van der Waals surface area contributed by atoms with Crippen molar-refractivity contribution in [2.75, 3.05) is 13.1 Å². The molecule has 0 aromatic heterocycles. The van der Waals surface area contributed by atoms with Crippen molar-refractivity contribution in [2.45, 2.75) is 20.3 Å². The van der Waals surface area contributed by atoms with E-state index in [4.69, 9.17) is 5.11 Å². The van der Waals surface area contributed by atoms with Crippen LogP contribution in [0.3, 0.4) is 0 Å². The summed E-state index contributed by atoms with van der Waals surface area (Å²) in [4.78, 5) is 10.3. The van der Waals surface area contributed by atoms with Crippen LogP contribution in [0.4, 0.5) is 5.69 Å². The molecule has 0 fully saturated rings. The number of hydrogen-bond donors (Lipinski definition) is 1. The van der Waals surface area contributed by atoms with E-state index in [0.717, 1.165) is 24.3 Å². The molecule has 1 aromatic carbocycles. The minimum absolute atomic E-state index is 0.149. The second kappa shape index (κ2) is 7.88. The Balaban J connectivity index is 2.65. The first-order valence-corrected chi connectivity index (χ1v) is 6.13. The van der Waals surface area contributed by atoms with Crippen LogP contribution in [0.2, 0.25) is 0 Å². The lowest BCUT2D eigenvalue weighted by atomic mass is 10.2. The van der Waals surface area contributed by atoms with Crippen molar-refractivity contribution in [2.24, 2.45) is 10.3 Å². The highest BCUT2D eigenvalue weighted by atomic mass is 16.4. The molecule has 1 N–H and O–H groups in total. The Labute approximate surface area is 112 Å². The zero-order chi connectivity index (χ0) is 14.1. The minimum atomic E-state index is -0.919. The number of carboxylic acids is 1. The van der Waals surface area contributed by atoms with E-state index in [1.165, 1.54) is 0 Å². The van der Waals surface area contributed by atoms with E-state index in [9.17, 15) is 4.79 Å². The Kier molecular flexibility index (Phi) is 6.10. The summed E-state index contributed by atoms with van der Waals surface area (Å²) in [7, 11) is 0. The number of carbonyl (C=O) groups is 1. The summed E-state index contributed by atoms with van der Waals surface area (Å²) in [5, 5.41) is 18.5. The van der Waals surface area contributed by atoms with Crippen LogP contribution in [0.25, 0.3) is 0 Å². The highest BCUT2D eigenvalue weighted by molar-refractivity contribution is 5.70. The molecule has 19 heavy (non-hydrogen) atoms. The molecule has 0 spiro atoms. The van der Waals surface area contributed by atoms with E-state index in [0.29, 0.717) is 0 Å². The van der Waals surface area contributed by atoms with Gasteiger partial charge in [-0.1, -0.05) is 17.1 Å². The SMILES string of the molecule is CCN(CC)N=Nc1ccc(C#CCC(=O)O)cc1. The number of aliphatic carboxylic acids is 1. The van der Waals surface area contributed by atoms with Crippen molar-refractivity contribution in [1.82, 2.24) is 5.01 Å². The highest BCUT2D eigenvalue weighted by Gasteiger charge is 1.94. The van der Waals surface area contributed by atoms with Gasteiger partial charge in [-0.3, -0.25) is 9.80 Å². The van der Waals surface area contributed by atoms with Gasteiger partial charge in [0.15, 0.2) is 0 Å². The van der Waals surface area contributed by atoms with Gasteiger partial charge in [0.05, 0.1) is 5.69 Å². The van der Waals surface area contributed by atoms with Crippen LogP contribution in [-0.2, 0) is 4.79 Å². The zero-order valence-corrected chi connectivity index (χ0v) is 11.1. The molecular weight excluding hydrogens is 242 g/mol. The average molecular weight is 259 g/mol. The molecule has 0 heterocycles. The van der Waals surface area contributed by atoms with Crippen LogP contribution in [-0.4, -0.2) is 29.2 Å². The zero-order valence-electron chi connectivity index (χ0n) is 11.1. The lowest BCUT2D eigenvalue weighted by Crippen LogP contribution is -2.14. The number of benzene rings is 1. The lowest BCUT2D eigenvalue weighted by molar-refractivity contribution is -0.135. The molecule has 0 aliphatic heterocycles. The number of nitrogens with zero attached hydrogens (tertiary/aromatic N) is 3. The summed E-state index contributed by atoms with van der Waals surface area (Å²) >= 11 is 0. The first kappa shape index (κ1) is 14.7. The summed E-state index contributed by atoms with van der Waals surface area (Å²) in [6, 6.07) is 7.20. The van der Waals surface area contributed by atoms with Crippen molar-refractivity contribution in [3.8, 4) is 11.8 Å². The first-order valence-electron chi connectivity index (χ1n) is 6.13. The molecule has 0 bridgehead atoms. The normalized spacial score (nSPS) is 10.0. The van der Waals surface area contributed by atoms with Gasteiger partial charge in [0.1, 0.15) is 6.42 Å². The van der Waals surface area contributed by atoms with E-state index in [1.54, 1.807) is 24.3 Å². The maximum absolute atomic E-state index is 10.3. The molecule has 0 saturated heterocycles. The Morgan fingerprint density at radius 1 is 1.26 bits per heavy atom. The summed E-state index contributed by atoms with van der Waals surface area (Å²) in [5.74, 6) is 4.43. The molecule has 0 radical (unpaired) electrons. The monoisotopic (exact) mass is 259 g/mol. The Morgan fingerprint density at radius 2 is 1.89 bits per heavy atom. The topological polar surface area (TPSA) is 65.3 Å². The molecule has 100 valence electrons. The fourth-order valence-corrected chi connectivity index (χ4v) is 1.30. The highest BCUT2D eigenvalue weighted by Crippen LogP contribution is 2.13. The molecule has 0 atom stereocenters.